The summed E-state index contributed by atoms with van der Waals surface area (Å²) in [5, 5.41) is 19.6. The second-order valence-corrected chi connectivity index (χ2v) is 3.57. The zero-order valence-electron chi connectivity index (χ0n) is 10.1. The SMILES string of the molecule is COCCN(CC(=O)O)c1c([N+](=O)[O-])ncn1C. The number of carboxylic acids is 1. The maximum Gasteiger partial charge on any atom is 0.406 e. The maximum atomic E-state index is 10.8. The Balaban J connectivity index is 3.06. The highest BCUT2D eigenvalue weighted by Gasteiger charge is 2.26. The summed E-state index contributed by atoms with van der Waals surface area (Å²) in [6.07, 6.45) is 1.27. The summed E-state index contributed by atoms with van der Waals surface area (Å²) >= 11 is 0. The largest absolute Gasteiger partial charge is 0.480 e. The van der Waals surface area contributed by atoms with Crippen LogP contribution in [0.5, 0.6) is 0 Å². The van der Waals surface area contributed by atoms with Crippen LogP contribution in [0.25, 0.3) is 0 Å². The number of carbonyl (C=O) groups is 1. The minimum Gasteiger partial charge on any atom is -0.480 e. The van der Waals surface area contributed by atoms with E-state index in [1.807, 2.05) is 0 Å². The second kappa shape index (κ2) is 5.96. The molecule has 0 radical (unpaired) electrons. The number of methoxy groups -OCH3 is 1. The Morgan fingerprint density at radius 2 is 2.39 bits per heavy atom. The van der Waals surface area contributed by atoms with E-state index in [4.69, 9.17) is 9.84 Å². The molecule has 100 valence electrons. The van der Waals surface area contributed by atoms with Crippen molar-refractivity contribution in [3.8, 4) is 0 Å². The zero-order valence-corrected chi connectivity index (χ0v) is 10.1. The summed E-state index contributed by atoms with van der Waals surface area (Å²) in [6, 6.07) is 0. The minimum absolute atomic E-state index is 0.152. The molecular weight excluding hydrogens is 244 g/mol. The van der Waals surface area contributed by atoms with Crippen LogP contribution in [0.1, 0.15) is 0 Å². The number of rotatable bonds is 7. The summed E-state index contributed by atoms with van der Waals surface area (Å²) in [4.78, 5) is 25.9. The Kier molecular flexibility index (Phi) is 4.60. The van der Waals surface area contributed by atoms with E-state index in [2.05, 4.69) is 4.98 Å². The number of imidazole rings is 1. The number of ether oxygens (including phenoxy) is 1. The first-order valence-electron chi connectivity index (χ1n) is 5.08. The van der Waals surface area contributed by atoms with Gasteiger partial charge in [-0.05, 0) is 9.91 Å². The molecule has 1 aromatic rings. The number of hydrogen-bond acceptors (Lipinski definition) is 6. The average molecular weight is 258 g/mol. The number of nitrogens with zero attached hydrogens (tertiary/aromatic N) is 4. The molecule has 18 heavy (non-hydrogen) atoms. The van der Waals surface area contributed by atoms with Gasteiger partial charge in [0.05, 0.1) is 6.61 Å². The number of carboxylic acid groups (broad SMARTS) is 1. The average Bonchev–Trinajstić information content (AvgIpc) is 2.66. The third-order valence-electron chi connectivity index (χ3n) is 2.25. The zero-order chi connectivity index (χ0) is 13.7. The minimum atomic E-state index is -1.08. The van der Waals surface area contributed by atoms with Crippen molar-refractivity contribution in [2.45, 2.75) is 0 Å². The van der Waals surface area contributed by atoms with E-state index in [1.54, 1.807) is 7.05 Å². The molecule has 9 nitrogen and oxygen atoms in total. The topological polar surface area (TPSA) is 111 Å². The highest BCUT2D eigenvalue weighted by atomic mass is 16.6. The fourth-order valence-electron chi connectivity index (χ4n) is 1.53. The van der Waals surface area contributed by atoms with Crippen LogP contribution in [0.4, 0.5) is 11.6 Å². The number of aryl methyl sites for hydroxylation is 1. The quantitative estimate of drug-likeness (QED) is 0.535. The molecule has 0 aromatic carbocycles. The summed E-state index contributed by atoms with van der Waals surface area (Å²) in [7, 11) is 3.04. The van der Waals surface area contributed by atoms with Crippen molar-refractivity contribution in [1.29, 1.82) is 0 Å². The third-order valence-corrected chi connectivity index (χ3v) is 2.25. The normalized spacial score (nSPS) is 10.3. The fourth-order valence-corrected chi connectivity index (χ4v) is 1.53. The van der Waals surface area contributed by atoms with Gasteiger partial charge >= 0.3 is 11.8 Å². The molecule has 0 unspecified atom stereocenters. The van der Waals surface area contributed by atoms with Crippen LogP contribution >= 0.6 is 0 Å². The molecular formula is C9H14N4O5. The smallest absolute Gasteiger partial charge is 0.406 e. The molecule has 0 fully saturated rings. The molecule has 0 amide bonds. The van der Waals surface area contributed by atoms with E-state index in [0.717, 1.165) is 0 Å². The monoisotopic (exact) mass is 258 g/mol. The highest BCUT2D eigenvalue weighted by molar-refractivity contribution is 5.74. The second-order valence-electron chi connectivity index (χ2n) is 3.57. The van der Waals surface area contributed by atoms with Crippen LogP contribution in [-0.2, 0) is 16.6 Å². The predicted molar refractivity (Wildman–Crippen MR) is 61.6 cm³/mol. The molecule has 1 rings (SSSR count). The van der Waals surface area contributed by atoms with Crippen LogP contribution in [0.15, 0.2) is 6.33 Å². The molecule has 0 aliphatic carbocycles. The Morgan fingerprint density at radius 3 is 2.89 bits per heavy atom. The van der Waals surface area contributed by atoms with E-state index < -0.39 is 10.9 Å². The molecule has 1 aromatic heterocycles. The molecule has 0 aliphatic heterocycles. The molecule has 0 aliphatic rings. The Morgan fingerprint density at radius 1 is 1.72 bits per heavy atom. The van der Waals surface area contributed by atoms with Gasteiger partial charge in [0.25, 0.3) is 0 Å². The van der Waals surface area contributed by atoms with Crippen molar-refractivity contribution < 1.29 is 19.6 Å². The highest BCUT2D eigenvalue weighted by Crippen LogP contribution is 2.25. The molecule has 0 spiro atoms. The van der Waals surface area contributed by atoms with E-state index in [1.165, 1.54) is 22.9 Å². The molecule has 9 heteroatoms. The molecule has 1 heterocycles. The Hall–Kier alpha value is -2.16. The number of anilines is 1. The first-order valence-corrected chi connectivity index (χ1v) is 5.08. The molecule has 0 atom stereocenters. The number of hydrogen-bond donors (Lipinski definition) is 1. The lowest BCUT2D eigenvalue weighted by Crippen LogP contribution is -2.34. The van der Waals surface area contributed by atoms with Gasteiger partial charge in [-0.2, -0.15) is 0 Å². The standard InChI is InChI=1S/C9H14N4O5/c1-11-6-10-8(13(16)17)9(11)12(3-4-18-2)5-7(14)15/h6H,3-5H2,1-2H3,(H,14,15). The van der Waals surface area contributed by atoms with Crippen molar-refractivity contribution in [3.63, 3.8) is 0 Å². The molecule has 0 saturated carbocycles. The van der Waals surface area contributed by atoms with Crippen molar-refractivity contribution in [2.24, 2.45) is 7.05 Å². The van der Waals surface area contributed by atoms with Gasteiger partial charge in [-0.1, -0.05) is 0 Å². The lowest BCUT2D eigenvalue weighted by molar-refractivity contribution is -0.388. The van der Waals surface area contributed by atoms with Gasteiger partial charge in [0.1, 0.15) is 6.54 Å². The first-order chi connectivity index (χ1) is 8.47. The van der Waals surface area contributed by atoms with Gasteiger partial charge < -0.3 is 24.9 Å². The van der Waals surface area contributed by atoms with Crippen LogP contribution < -0.4 is 4.90 Å². The van der Waals surface area contributed by atoms with Gasteiger partial charge in [-0.15, -0.1) is 0 Å². The summed E-state index contributed by atoms with van der Waals surface area (Å²) in [5.74, 6) is -1.30. The van der Waals surface area contributed by atoms with Crippen LogP contribution in [-0.4, -0.2) is 52.4 Å². The Bertz CT molecular complexity index is 444. The van der Waals surface area contributed by atoms with Crippen LogP contribution in [0, 0.1) is 10.1 Å². The van der Waals surface area contributed by atoms with E-state index in [0.29, 0.717) is 0 Å². The molecule has 1 N–H and O–H groups in total. The maximum absolute atomic E-state index is 10.8. The fraction of sp³-hybridized carbons (Fsp3) is 0.556. The van der Waals surface area contributed by atoms with Crippen molar-refractivity contribution in [2.75, 3.05) is 31.7 Å². The van der Waals surface area contributed by atoms with Crippen molar-refractivity contribution >= 4 is 17.6 Å². The number of nitro groups is 1. The lowest BCUT2D eigenvalue weighted by atomic mass is 10.4. The van der Waals surface area contributed by atoms with Gasteiger partial charge in [0.2, 0.25) is 12.1 Å². The van der Waals surface area contributed by atoms with Gasteiger partial charge in [0, 0.05) is 20.7 Å². The third kappa shape index (κ3) is 3.17. The predicted octanol–water partition coefficient (Wildman–Crippen LogP) is -0.134. The van der Waals surface area contributed by atoms with Gasteiger partial charge in [-0.3, -0.25) is 9.36 Å². The van der Waals surface area contributed by atoms with Crippen LogP contribution in [0.2, 0.25) is 0 Å². The van der Waals surface area contributed by atoms with Crippen molar-refractivity contribution in [3.05, 3.63) is 16.4 Å². The molecule has 0 bridgehead atoms. The van der Waals surface area contributed by atoms with Crippen LogP contribution in [0.3, 0.4) is 0 Å². The summed E-state index contributed by atoms with van der Waals surface area (Å²) in [5.41, 5.74) is 0. The van der Waals surface area contributed by atoms with Crippen molar-refractivity contribution in [1.82, 2.24) is 9.55 Å². The number of aliphatic carboxylic acids is 1. The van der Waals surface area contributed by atoms with E-state index >= 15 is 0 Å². The van der Waals surface area contributed by atoms with Gasteiger partial charge in [0.15, 0.2) is 0 Å². The molecule has 0 saturated heterocycles. The van der Waals surface area contributed by atoms with Gasteiger partial charge in [-0.25, -0.2) is 0 Å². The number of aromatic nitrogens is 2. The van der Waals surface area contributed by atoms with E-state index in [-0.39, 0.29) is 31.3 Å². The summed E-state index contributed by atoms with van der Waals surface area (Å²) in [6.45, 7) is 0.128. The first kappa shape index (κ1) is 13.9. The Labute approximate surface area is 103 Å². The van der Waals surface area contributed by atoms with E-state index in [9.17, 15) is 14.9 Å². The lowest BCUT2D eigenvalue weighted by Gasteiger charge is -2.21. The summed E-state index contributed by atoms with van der Waals surface area (Å²) < 4.78 is 6.27.